The van der Waals surface area contributed by atoms with E-state index < -0.39 is 0 Å². The first-order chi connectivity index (χ1) is 8.78. The van der Waals surface area contributed by atoms with Crippen molar-refractivity contribution in [1.29, 1.82) is 5.26 Å². The fourth-order valence-electron chi connectivity index (χ4n) is 3.19. The Morgan fingerprint density at radius 3 is 2.39 bits per heavy atom. The Morgan fingerprint density at radius 1 is 1.06 bits per heavy atom. The summed E-state index contributed by atoms with van der Waals surface area (Å²) < 4.78 is 0. The van der Waals surface area contributed by atoms with E-state index in [4.69, 9.17) is 0 Å². The topological polar surface area (TPSA) is 23.8 Å². The Hall–Kier alpha value is -2.07. The molecular weight excluding hydrogens is 218 g/mol. The van der Waals surface area contributed by atoms with Gasteiger partial charge in [-0.3, -0.25) is 0 Å². The highest BCUT2D eigenvalue weighted by molar-refractivity contribution is 5.55. The second-order valence-corrected chi connectivity index (χ2v) is 5.07. The SMILES string of the molecule is Cc1ccccc1C1(CC#N)Cc2ccccc21. The summed E-state index contributed by atoms with van der Waals surface area (Å²) in [6.07, 6.45) is 1.55. The molecule has 1 nitrogen and oxygen atoms in total. The van der Waals surface area contributed by atoms with Crippen molar-refractivity contribution in [3.8, 4) is 6.07 Å². The molecule has 0 saturated heterocycles. The molecule has 0 bridgehead atoms. The fraction of sp³-hybridized carbons (Fsp3) is 0.235. The van der Waals surface area contributed by atoms with E-state index in [9.17, 15) is 5.26 Å². The summed E-state index contributed by atoms with van der Waals surface area (Å²) in [5.74, 6) is 0. The van der Waals surface area contributed by atoms with E-state index in [1.807, 2.05) is 0 Å². The number of hydrogen-bond donors (Lipinski definition) is 0. The Morgan fingerprint density at radius 2 is 1.72 bits per heavy atom. The van der Waals surface area contributed by atoms with Crippen molar-refractivity contribution in [3.63, 3.8) is 0 Å². The molecule has 18 heavy (non-hydrogen) atoms. The summed E-state index contributed by atoms with van der Waals surface area (Å²) in [7, 11) is 0. The fourth-order valence-corrected chi connectivity index (χ4v) is 3.19. The minimum Gasteiger partial charge on any atom is -0.198 e. The van der Waals surface area contributed by atoms with Gasteiger partial charge in [0.1, 0.15) is 0 Å². The highest BCUT2D eigenvalue weighted by atomic mass is 14.5. The highest BCUT2D eigenvalue weighted by Gasteiger charge is 2.44. The molecule has 0 N–H and O–H groups in total. The monoisotopic (exact) mass is 233 g/mol. The van der Waals surface area contributed by atoms with Crippen molar-refractivity contribution in [3.05, 3.63) is 70.8 Å². The van der Waals surface area contributed by atoms with Crippen LogP contribution in [0.2, 0.25) is 0 Å². The summed E-state index contributed by atoms with van der Waals surface area (Å²) in [4.78, 5) is 0. The standard InChI is InChI=1S/C17H15N/c1-13-6-2-4-8-15(13)17(10-11-18)12-14-7-3-5-9-16(14)17/h2-9H,10,12H2,1H3. The lowest BCUT2D eigenvalue weighted by molar-refractivity contribution is 0.456. The van der Waals surface area contributed by atoms with Crippen LogP contribution >= 0.6 is 0 Å². The molecule has 1 atom stereocenters. The van der Waals surface area contributed by atoms with Crippen molar-refractivity contribution in [2.75, 3.05) is 0 Å². The highest BCUT2D eigenvalue weighted by Crippen LogP contribution is 2.49. The van der Waals surface area contributed by atoms with Gasteiger partial charge >= 0.3 is 0 Å². The van der Waals surface area contributed by atoms with Crippen LogP contribution in [0.15, 0.2) is 48.5 Å². The van der Waals surface area contributed by atoms with Gasteiger partial charge in [-0.15, -0.1) is 0 Å². The quantitative estimate of drug-likeness (QED) is 0.775. The van der Waals surface area contributed by atoms with Crippen molar-refractivity contribution in [2.24, 2.45) is 0 Å². The molecule has 0 fully saturated rings. The van der Waals surface area contributed by atoms with E-state index in [1.165, 1.54) is 22.3 Å². The molecule has 3 rings (SSSR count). The zero-order valence-corrected chi connectivity index (χ0v) is 10.5. The average molecular weight is 233 g/mol. The van der Waals surface area contributed by atoms with Crippen LogP contribution in [-0.2, 0) is 11.8 Å². The molecule has 2 aromatic carbocycles. The van der Waals surface area contributed by atoms with Gasteiger partial charge < -0.3 is 0 Å². The number of fused-ring (bicyclic) bond motifs is 1. The van der Waals surface area contributed by atoms with Crippen molar-refractivity contribution in [2.45, 2.75) is 25.2 Å². The largest absolute Gasteiger partial charge is 0.198 e. The molecule has 2 aromatic rings. The van der Waals surface area contributed by atoms with Gasteiger partial charge in [0, 0.05) is 11.8 Å². The number of aryl methyl sites for hydroxylation is 1. The molecule has 1 unspecified atom stereocenters. The minimum absolute atomic E-state index is 0.0727. The van der Waals surface area contributed by atoms with Gasteiger partial charge in [-0.1, -0.05) is 48.5 Å². The van der Waals surface area contributed by atoms with Crippen LogP contribution in [0.5, 0.6) is 0 Å². The molecule has 0 heterocycles. The number of benzene rings is 2. The first-order valence-corrected chi connectivity index (χ1v) is 6.29. The molecule has 1 aliphatic carbocycles. The molecular formula is C17H15N. The van der Waals surface area contributed by atoms with Gasteiger partial charge in [-0.05, 0) is 35.6 Å². The van der Waals surface area contributed by atoms with Gasteiger partial charge in [-0.25, -0.2) is 0 Å². The van der Waals surface area contributed by atoms with E-state index >= 15 is 0 Å². The predicted molar refractivity (Wildman–Crippen MR) is 72.3 cm³/mol. The maximum absolute atomic E-state index is 9.19. The van der Waals surface area contributed by atoms with Crippen molar-refractivity contribution < 1.29 is 0 Å². The Balaban J connectivity index is 2.18. The van der Waals surface area contributed by atoms with Gasteiger partial charge in [-0.2, -0.15) is 5.26 Å². The maximum Gasteiger partial charge on any atom is 0.0634 e. The lowest BCUT2D eigenvalue weighted by Crippen LogP contribution is -2.40. The number of nitrogens with zero attached hydrogens (tertiary/aromatic N) is 1. The van der Waals surface area contributed by atoms with E-state index in [2.05, 4.69) is 61.5 Å². The lowest BCUT2D eigenvalue weighted by atomic mass is 9.58. The van der Waals surface area contributed by atoms with Crippen LogP contribution in [0, 0.1) is 18.3 Å². The summed E-state index contributed by atoms with van der Waals surface area (Å²) in [5.41, 5.74) is 5.24. The van der Waals surface area contributed by atoms with Crippen LogP contribution in [0.3, 0.4) is 0 Å². The van der Waals surface area contributed by atoms with Gasteiger partial charge in [0.25, 0.3) is 0 Å². The van der Waals surface area contributed by atoms with E-state index in [-0.39, 0.29) is 5.41 Å². The van der Waals surface area contributed by atoms with Gasteiger partial charge in [0.2, 0.25) is 0 Å². The zero-order valence-electron chi connectivity index (χ0n) is 10.5. The molecule has 1 heteroatoms. The summed E-state index contributed by atoms with van der Waals surface area (Å²) in [6, 6.07) is 19.3. The third-order valence-corrected chi connectivity index (χ3v) is 4.07. The molecule has 1 aliphatic rings. The summed E-state index contributed by atoms with van der Waals surface area (Å²) in [6.45, 7) is 2.13. The maximum atomic E-state index is 9.19. The summed E-state index contributed by atoms with van der Waals surface area (Å²) in [5, 5.41) is 9.19. The second kappa shape index (κ2) is 3.99. The third-order valence-electron chi connectivity index (χ3n) is 4.07. The number of hydrogen-bond acceptors (Lipinski definition) is 1. The molecule has 0 amide bonds. The number of rotatable bonds is 2. The van der Waals surface area contributed by atoms with Crippen molar-refractivity contribution in [1.82, 2.24) is 0 Å². The predicted octanol–water partition coefficient (Wildman–Crippen LogP) is 3.75. The molecule has 0 radical (unpaired) electrons. The third kappa shape index (κ3) is 1.39. The van der Waals surface area contributed by atoms with Crippen LogP contribution in [-0.4, -0.2) is 0 Å². The van der Waals surface area contributed by atoms with Crippen LogP contribution < -0.4 is 0 Å². The Labute approximate surface area is 108 Å². The molecule has 0 aliphatic heterocycles. The van der Waals surface area contributed by atoms with Crippen LogP contribution in [0.25, 0.3) is 0 Å². The zero-order chi connectivity index (χ0) is 12.6. The normalized spacial score (nSPS) is 20.7. The average Bonchev–Trinajstić information content (AvgIpc) is 2.37. The van der Waals surface area contributed by atoms with Crippen LogP contribution in [0.1, 0.15) is 28.7 Å². The minimum atomic E-state index is -0.0727. The second-order valence-electron chi connectivity index (χ2n) is 5.07. The molecule has 0 saturated carbocycles. The molecule has 0 spiro atoms. The van der Waals surface area contributed by atoms with Gasteiger partial charge in [0.05, 0.1) is 6.07 Å². The Kier molecular flexibility index (Phi) is 2.45. The van der Waals surface area contributed by atoms with Crippen molar-refractivity contribution >= 4 is 0 Å². The molecule has 88 valence electrons. The summed E-state index contributed by atoms with van der Waals surface area (Å²) >= 11 is 0. The Bertz CT molecular complexity index is 636. The van der Waals surface area contributed by atoms with E-state index in [0.29, 0.717) is 6.42 Å². The number of nitriles is 1. The van der Waals surface area contributed by atoms with E-state index in [1.54, 1.807) is 0 Å². The van der Waals surface area contributed by atoms with Crippen LogP contribution in [0.4, 0.5) is 0 Å². The first kappa shape index (κ1) is 11.0. The lowest BCUT2D eigenvalue weighted by Gasteiger charge is -2.44. The van der Waals surface area contributed by atoms with E-state index in [0.717, 1.165) is 6.42 Å². The first-order valence-electron chi connectivity index (χ1n) is 6.29. The van der Waals surface area contributed by atoms with Gasteiger partial charge in [0.15, 0.2) is 0 Å². The molecule has 0 aromatic heterocycles. The smallest absolute Gasteiger partial charge is 0.0634 e.